The molecule has 2 aromatic heterocycles. The van der Waals surface area contributed by atoms with Crippen molar-refractivity contribution >= 4 is 27.4 Å². The molecule has 5 heteroatoms. The molecule has 0 aliphatic rings. The maximum Gasteiger partial charge on any atom is 0.169 e. The fraction of sp³-hybridized carbons (Fsp3) is 0.143. The van der Waals surface area contributed by atoms with Gasteiger partial charge in [0.25, 0.3) is 0 Å². The molecule has 19 heavy (non-hydrogen) atoms. The number of benzene rings is 1. The number of anilines is 1. The van der Waals surface area contributed by atoms with E-state index < -0.39 is 0 Å². The Morgan fingerprint density at radius 1 is 1.26 bits per heavy atom. The number of thiophene rings is 1. The van der Waals surface area contributed by atoms with E-state index in [2.05, 4.69) is 9.97 Å². The lowest BCUT2D eigenvalue weighted by Gasteiger charge is -2.06. The van der Waals surface area contributed by atoms with Gasteiger partial charge >= 0.3 is 0 Å². The molecule has 0 radical (unpaired) electrons. The highest BCUT2D eigenvalue weighted by molar-refractivity contribution is 7.16. The molecular formula is C14H13N3OS. The van der Waals surface area contributed by atoms with Gasteiger partial charge < -0.3 is 10.5 Å². The second kappa shape index (κ2) is 4.85. The van der Waals surface area contributed by atoms with Crippen molar-refractivity contribution in [2.75, 3.05) is 5.73 Å². The first-order valence-electron chi connectivity index (χ1n) is 5.91. The molecule has 0 saturated heterocycles. The maximum atomic E-state index is 5.89. The van der Waals surface area contributed by atoms with Crippen molar-refractivity contribution in [1.29, 1.82) is 0 Å². The second-order valence-corrected chi connectivity index (χ2v) is 5.16. The Labute approximate surface area is 114 Å². The number of aryl methyl sites for hydroxylation is 1. The van der Waals surface area contributed by atoms with Crippen molar-refractivity contribution in [1.82, 2.24) is 9.97 Å². The zero-order chi connectivity index (χ0) is 13.2. The number of hydrogen-bond donors (Lipinski definition) is 1. The molecule has 4 nitrogen and oxygen atoms in total. The van der Waals surface area contributed by atoms with Gasteiger partial charge in [-0.3, -0.25) is 0 Å². The van der Waals surface area contributed by atoms with Crippen molar-refractivity contribution in [2.45, 2.75) is 13.5 Å². The molecule has 96 valence electrons. The Morgan fingerprint density at radius 2 is 2.16 bits per heavy atom. The Balaban J connectivity index is 1.81. The van der Waals surface area contributed by atoms with Gasteiger partial charge in [-0.2, -0.15) is 0 Å². The summed E-state index contributed by atoms with van der Waals surface area (Å²) in [6.45, 7) is 2.35. The highest BCUT2D eigenvalue weighted by atomic mass is 32.1. The summed E-state index contributed by atoms with van der Waals surface area (Å²) in [7, 11) is 0. The van der Waals surface area contributed by atoms with Gasteiger partial charge in [0.15, 0.2) is 5.82 Å². The summed E-state index contributed by atoms with van der Waals surface area (Å²) in [5.41, 5.74) is 7.05. The van der Waals surface area contributed by atoms with Crippen LogP contribution < -0.4 is 10.5 Å². The molecule has 0 fully saturated rings. The van der Waals surface area contributed by atoms with E-state index in [-0.39, 0.29) is 0 Å². The minimum absolute atomic E-state index is 0.321. The topological polar surface area (TPSA) is 61.0 Å². The molecule has 0 unspecified atom stereocenters. The summed E-state index contributed by atoms with van der Waals surface area (Å²) in [5.74, 6) is 1.93. The summed E-state index contributed by atoms with van der Waals surface area (Å²) in [4.78, 5) is 9.59. The number of nitrogen functional groups attached to an aromatic ring is 1. The van der Waals surface area contributed by atoms with Crippen molar-refractivity contribution in [3.63, 3.8) is 0 Å². The van der Waals surface area contributed by atoms with Crippen LogP contribution in [0.15, 0.2) is 35.7 Å². The predicted molar refractivity (Wildman–Crippen MR) is 77.3 cm³/mol. The lowest BCUT2D eigenvalue weighted by molar-refractivity contribution is 0.296. The van der Waals surface area contributed by atoms with Gasteiger partial charge in [0.1, 0.15) is 23.0 Å². The summed E-state index contributed by atoms with van der Waals surface area (Å²) in [6.07, 6.45) is 0. The largest absolute Gasteiger partial charge is 0.486 e. The molecule has 0 amide bonds. The third-order valence-electron chi connectivity index (χ3n) is 2.76. The molecule has 0 bridgehead atoms. The van der Waals surface area contributed by atoms with E-state index in [4.69, 9.17) is 10.5 Å². The quantitative estimate of drug-likeness (QED) is 0.795. The third-order valence-corrected chi connectivity index (χ3v) is 3.56. The lowest BCUT2D eigenvalue weighted by Crippen LogP contribution is -2.04. The summed E-state index contributed by atoms with van der Waals surface area (Å²) in [6, 6.07) is 9.81. The van der Waals surface area contributed by atoms with Crippen LogP contribution in [-0.2, 0) is 6.61 Å². The van der Waals surface area contributed by atoms with Crippen LogP contribution in [0.25, 0.3) is 10.2 Å². The Hall–Kier alpha value is -2.14. The van der Waals surface area contributed by atoms with Crippen molar-refractivity contribution in [2.24, 2.45) is 0 Å². The molecule has 0 spiro atoms. The molecule has 0 saturated carbocycles. The van der Waals surface area contributed by atoms with Gasteiger partial charge in [-0.1, -0.05) is 12.1 Å². The Bertz CT molecular complexity index is 724. The lowest BCUT2D eigenvalue weighted by atomic mass is 10.2. The minimum atomic E-state index is 0.321. The molecule has 2 heterocycles. The molecule has 3 rings (SSSR count). The second-order valence-electron chi connectivity index (χ2n) is 4.27. The van der Waals surface area contributed by atoms with E-state index in [1.807, 2.05) is 42.6 Å². The van der Waals surface area contributed by atoms with Crippen LogP contribution >= 0.6 is 11.3 Å². The molecule has 1 aromatic carbocycles. The summed E-state index contributed by atoms with van der Waals surface area (Å²) in [5, 5.41) is 2.87. The first-order chi connectivity index (χ1) is 9.22. The van der Waals surface area contributed by atoms with Crippen LogP contribution in [0.2, 0.25) is 0 Å². The first kappa shape index (κ1) is 11.9. The zero-order valence-corrected chi connectivity index (χ0v) is 11.3. The Kier molecular flexibility index (Phi) is 3.05. The number of hydrogen-bond acceptors (Lipinski definition) is 5. The monoisotopic (exact) mass is 271 g/mol. The minimum Gasteiger partial charge on any atom is -0.486 e. The van der Waals surface area contributed by atoms with E-state index in [0.717, 1.165) is 21.5 Å². The summed E-state index contributed by atoms with van der Waals surface area (Å²) < 4.78 is 5.68. The number of fused-ring (bicyclic) bond motifs is 1. The average molecular weight is 271 g/mol. The van der Waals surface area contributed by atoms with E-state index >= 15 is 0 Å². The van der Waals surface area contributed by atoms with Crippen LogP contribution in [0, 0.1) is 6.92 Å². The molecule has 0 aliphatic carbocycles. The summed E-state index contributed by atoms with van der Waals surface area (Å²) >= 11 is 1.55. The number of ether oxygens (including phenoxy) is 1. The fourth-order valence-electron chi connectivity index (χ4n) is 1.84. The van der Waals surface area contributed by atoms with Gasteiger partial charge in [0, 0.05) is 0 Å². The number of nitrogens with zero attached hydrogens (tertiary/aromatic N) is 2. The van der Waals surface area contributed by atoms with Crippen LogP contribution in [0.4, 0.5) is 5.82 Å². The zero-order valence-electron chi connectivity index (χ0n) is 10.5. The van der Waals surface area contributed by atoms with Gasteiger partial charge in [-0.05, 0) is 36.1 Å². The average Bonchev–Trinajstić information content (AvgIpc) is 2.85. The van der Waals surface area contributed by atoms with Crippen LogP contribution in [0.3, 0.4) is 0 Å². The number of nitrogens with two attached hydrogens (primary N) is 1. The molecular weight excluding hydrogens is 258 g/mol. The van der Waals surface area contributed by atoms with Crippen LogP contribution in [0.1, 0.15) is 11.4 Å². The fourth-order valence-corrected chi connectivity index (χ4v) is 2.63. The molecule has 2 N–H and O–H groups in total. The smallest absolute Gasteiger partial charge is 0.169 e. The van der Waals surface area contributed by atoms with E-state index in [0.29, 0.717) is 18.2 Å². The van der Waals surface area contributed by atoms with Gasteiger partial charge in [0.2, 0.25) is 0 Å². The van der Waals surface area contributed by atoms with Crippen LogP contribution in [0.5, 0.6) is 5.75 Å². The highest BCUT2D eigenvalue weighted by Gasteiger charge is 2.06. The van der Waals surface area contributed by atoms with Crippen LogP contribution in [-0.4, -0.2) is 9.97 Å². The van der Waals surface area contributed by atoms with Crippen molar-refractivity contribution in [3.05, 3.63) is 47.1 Å². The first-order valence-corrected chi connectivity index (χ1v) is 6.79. The Morgan fingerprint density at radius 3 is 3.00 bits per heavy atom. The van der Waals surface area contributed by atoms with E-state index in [9.17, 15) is 0 Å². The van der Waals surface area contributed by atoms with Crippen molar-refractivity contribution in [3.8, 4) is 5.75 Å². The van der Waals surface area contributed by atoms with E-state index in [1.165, 1.54) is 0 Å². The van der Waals surface area contributed by atoms with Gasteiger partial charge in [-0.25, -0.2) is 9.97 Å². The number of aromatic nitrogens is 2. The highest BCUT2D eigenvalue weighted by Crippen LogP contribution is 2.23. The normalized spacial score (nSPS) is 10.8. The van der Waals surface area contributed by atoms with E-state index in [1.54, 1.807) is 11.3 Å². The van der Waals surface area contributed by atoms with Gasteiger partial charge in [0.05, 0.1) is 5.39 Å². The predicted octanol–water partition coefficient (Wildman–Crippen LogP) is 3.16. The van der Waals surface area contributed by atoms with Crippen molar-refractivity contribution < 1.29 is 4.74 Å². The third kappa shape index (κ3) is 2.51. The number of rotatable bonds is 3. The standard InChI is InChI=1S/C14H13N3OS/c1-9-3-2-4-10(7-9)18-8-12-16-13(15)11-5-6-19-14(11)17-12/h2-7H,8H2,1H3,(H2,15,16,17). The molecule has 0 atom stereocenters. The SMILES string of the molecule is Cc1cccc(OCc2nc(N)c3ccsc3n2)c1. The maximum absolute atomic E-state index is 5.89. The van der Waals surface area contributed by atoms with Gasteiger partial charge in [-0.15, -0.1) is 11.3 Å². The molecule has 3 aromatic rings. The molecule has 0 aliphatic heterocycles.